The van der Waals surface area contributed by atoms with Gasteiger partial charge >= 0.3 is 0 Å². The van der Waals surface area contributed by atoms with E-state index in [1.807, 2.05) is 29.8 Å². The minimum Gasteiger partial charge on any atom is -0.340 e. The molecule has 20 heavy (non-hydrogen) atoms. The van der Waals surface area contributed by atoms with Gasteiger partial charge in [-0.1, -0.05) is 31.2 Å². The molecule has 1 aliphatic heterocycles. The molecule has 1 fully saturated rings. The fraction of sp³-hybridized carbons (Fsp3) is 0.562. The third-order valence-electron chi connectivity index (χ3n) is 3.96. The number of rotatable bonds is 4. The van der Waals surface area contributed by atoms with E-state index in [-0.39, 0.29) is 16.7 Å². The molecule has 3 nitrogen and oxygen atoms in total. The number of nitrogens with one attached hydrogen (secondary N) is 1. The molecule has 1 aromatic carbocycles. The molecule has 1 heterocycles. The van der Waals surface area contributed by atoms with Crippen molar-refractivity contribution < 1.29 is 4.79 Å². The Balaban J connectivity index is 2.08. The van der Waals surface area contributed by atoms with Crippen molar-refractivity contribution in [3.05, 3.63) is 35.4 Å². The van der Waals surface area contributed by atoms with Gasteiger partial charge in [-0.25, -0.2) is 0 Å². The summed E-state index contributed by atoms with van der Waals surface area (Å²) in [6.07, 6.45) is 1.00. The van der Waals surface area contributed by atoms with Crippen LogP contribution in [0.25, 0.3) is 0 Å². The number of carbonyl (C=O) groups is 1. The first-order valence-corrected chi connectivity index (χ1v) is 8.13. The number of nitrogens with zero attached hydrogens (tertiary/aromatic N) is 1. The predicted octanol–water partition coefficient (Wildman–Crippen LogP) is 2.65. The summed E-state index contributed by atoms with van der Waals surface area (Å²) in [5.41, 5.74) is 2.56. The van der Waals surface area contributed by atoms with Crippen molar-refractivity contribution in [1.82, 2.24) is 10.2 Å². The number of benzene rings is 1. The number of thioether (sulfide) groups is 1. The SMILES string of the molecule is CCc1ccccc1CN(C)C(=O)C1NCSC1(C)C. The molecule has 0 aliphatic carbocycles. The van der Waals surface area contributed by atoms with Gasteiger partial charge in [0.1, 0.15) is 6.04 Å². The van der Waals surface area contributed by atoms with Gasteiger partial charge in [0.05, 0.1) is 0 Å². The van der Waals surface area contributed by atoms with Gasteiger partial charge in [-0.15, -0.1) is 11.8 Å². The van der Waals surface area contributed by atoms with Gasteiger partial charge in [0, 0.05) is 24.2 Å². The normalized spacial score (nSPS) is 20.9. The molecule has 1 unspecified atom stereocenters. The van der Waals surface area contributed by atoms with Crippen LogP contribution in [-0.2, 0) is 17.8 Å². The molecule has 1 aromatic rings. The van der Waals surface area contributed by atoms with Crippen molar-refractivity contribution in [3.63, 3.8) is 0 Å². The molecule has 1 aliphatic rings. The molecule has 0 bridgehead atoms. The molecule has 0 radical (unpaired) electrons. The van der Waals surface area contributed by atoms with Crippen LogP contribution in [0.15, 0.2) is 24.3 Å². The lowest BCUT2D eigenvalue weighted by atomic mass is 10.0. The van der Waals surface area contributed by atoms with E-state index in [9.17, 15) is 4.79 Å². The standard InChI is InChI=1S/C16H24N2OS/c1-5-12-8-6-7-9-13(12)10-18(4)15(19)14-16(2,3)20-11-17-14/h6-9,14,17H,5,10-11H2,1-4H3. The Bertz CT molecular complexity index is 487. The average molecular weight is 292 g/mol. The number of likely N-dealkylation sites (N-methyl/N-ethyl adjacent to an activating group) is 1. The lowest BCUT2D eigenvalue weighted by Gasteiger charge is -2.29. The van der Waals surface area contributed by atoms with Crippen LogP contribution in [0.1, 0.15) is 31.9 Å². The Morgan fingerprint density at radius 3 is 2.60 bits per heavy atom. The Hall–Kier alpha value is -1.000. The zero-order valence-corrected chi connectivity index (χ0v) is 13.6. The lowest BCUT2D eigenvalue weighted by molar-refractivity contribution is -0.133. The Labute approximate surface area is 126 Å². The van der Waals surface area contributed by atoms with Crippen LogP contribution in [0.5, 0.6) is 0 Å². The first-order chi connectivity index (χ1) is 9.45. The quantitative estimate of drug-likeness (QED) is 0.926. The molecule has 0 aromatic heterocycles. The molecule has 1 atom stereocenters. The number of carbonyl (C=O) groups excluding carboxylic acids is 1. The summed E-state index contributed by atoms with van der Waals surface area (Å²) in [6.45, 7) is 7.10. The summed E-state index contributed by atoms with van der Waals surface area (Å²) in [7, 11) is 1.90. The Morgan fingerprint density at radius 2 is 2.05 bits per heavy atom. The third-order valence-corrected chi connectivity index (χ3v) is 5.25. The highest BCUT2D eigenvalue weighted by Gasteiger charge is 2.41. The van der Waals surface area contributed by atoms with Crippen LogP contribution in [0.4, 0.5) is 0 Å². The minimum atomic E-state index is -0.0914. The highest BCUT2D eigenvalue weighted by molar-refractivity contribution is 8.00. The zero-order valence-electron chi connectivity index (χ0n) is 12.8. The molecule has 2 rings (SSSR count). The van der Waals surface area contributed by atoms with Crippen molar-refractivity contribution in [3.8, 4) is 0 Å². The molecule has 0 saturated carbocycles. The first kappa shape index (κ1) is 15.4. The minimum absolute atomic E-state index is 0.0321. The number of aryl methyl sites for hydroxylation is 1. The fourth-order valence-corrected chi connectivity index (χ4v) is 3.61. The number of amides is 1. The monoisotopic (exact) mass is 292 g/mol. The maximum absolute atomic E-state index is 12.6. The van der Waals surface area contributed by atoms with Crippen molar-refractivity contribution in [1.29, 1.82) is 0 Å². The second-order valence-corrected chi connectivity index (χ2v) is 7.48. The van der Waals surface area contributed by atoms with E-state index in [2.05, 4.69) is 44.3 Å². The Kier molecular flexibility index (Phi) is 4.76. The largest absolute Gasteiger partial charge is 0.340 e. The van der Waals surface area contributed by atoms with Gasteiger partial charge in [0.25, 0.3) is 0 Å². The van der Waals surface area contributed by atoms with E-state index in [1.54, 1.807) is 0 Å². The summed E-state index contributed by atoms with van der Waals surface area (Å²) in [5, 5.41) is 3.31. The topological polar surface area (TPSA) is 32.3 Å². The van der Waals surface area contributed by atoms with Gasteiger partial charge in [-0.05, 0) is 31.4 Å². The number of hydrogen-bond acceptors (Lipinski definition) is 3. The summed E-state index contributed by atoms with van der Waals surface area (Å²) in [6, 6.07) is 8.26. The lowest BCUT2D eigenvalue weighted by Crippen LogP contribution is -2.49. The van der Waals surface area contributed by atoms with Crippen molar-refractivity contribution in [2.75, 3.05) is 12.9 Å². The second kappa shape index (κ2) is 6.19. The first-order valence-electron chi connectivity index (χ1n) is 7.15. The highest BCUT2D eigenvalue weighted by atomic mass is 32.2. The van der Waals surface area contributed by atoms with Gasteiger partial charge in [-0.3, -0.25) is 10.1 Å². The molecule has 110 valence electrons. The molecule has 1 amide bonds. The van der Waals surface area contributed by atoms with Crippen LogP contribution in [0.3, 0.4) is 0 Å². The predicted molar refractivity (Wildman–Crippen MR) is 85.8 cm³/mol. The summed E-state index contributed by atoms with van der Waals surface area (Å²) in [4.78, 5) is 14.5. The molecular formula is C16H24N2OS. The molecular weight excluding hydrogens is 268 g/mol. The van der Waals surface area contributed by atoms with Crippen molar-refractivity contribution >= 4 is 17.7 Å². The number of hydrogen-bond donors (Lipinski definition) is 1. The van der Waals surface area contributed by atoms with Crippen LogP contribution >= 0.6 is 11.8 Å². The van der Waals surface area contributed by atoms with E-state index < -0.39 is 0 Å². The van der Waals surface area contributed by atoms with E-state index >= 15 is 0 Å². The Morgan fingerprint density at radius 1 is 1.40 bits per heavy atom. The fourth-order valence-electron chi connectivity index (χ4n) is 2.64. The van der Waals surface area contributed by atoms with Gasteiger partial charge in [0.2, 0.25) is 5.91 Å². The third kappa shape index (κ3) is 3.18. The van der Waals surface area contributed by atoms with E-state index in [0.717, 1.165) is 12.3 Å². The van der Waals surface area contributed by atoms with E-state index in [4.69, 9.17) is 0 Å². The second-order valence-electron chi connectivity index (χ2n) is 5.85. The average Bonchev–Trinajstić information content (AvgIpc) is 2.78. The van der Waals surface area contributed by atoms with E-state index in [1.165, 1.54) is 11.1 Å². The maximum atomic E-state index is 12.6. The molecule has 0 spiro atoms. The van der Waals surface area contributed by atoms with Gasteiger partial charge < -0.3 is 4.90 Å². The highest BCUT2D eigenvalue weighted by Crippen LogP contribution is 2.33. The summed E-state index contributed by atoms with van der Waals surface area (Å²) >= 11 is 1.81. The molecule has 4 heteroatoms. The van der Waals surface area contributed by atoms with Crippen LogP contribution < -0.4 is 5.32 Å². The smallest absolute Gasteiger partial charge is 0.241 e. The van der Waals surface area contributed by atoms with Gasteiger partial charge in [-0.2, -0.15) is 0 Å². The molecule has 1 N–H and O–H groups in total. The molecule has 1 saturated heterocycles. The summed E-state index contributed by atoms with van der Waals surface area (Å²) < 4.78 is -0.0321. The zero-order chi connectivity index (χ0) is 14.8. The van der Waals surface area contributed by atoms with Crippen LogP contribution in [-0.4, -0.2) is 34.5 Å². The van der Waals surface area contributed by atoms with Crippen molar-refractivity contribution in [2.24, 2.45) is 0 Å². The van der Waals surface area contributed by atoms with Gasteiger partial charge in [0.15, 0.2) is 0 Å². The van der Waals surface area contributed by atoms with Crippen LogP contribution in [0.2, 0.25) is 0 Å². The maximum Gasteiger partial charge on any atom is 0.241 e. The summed E-state index contributed by atoms with van der Waals surface area (Å²) in [5.74, 6) is 1.04. The van der Waals surface area contributed by atoms with Crippen molar-refractivity contribution in [2.45, 2.75) is 44.5 Å². The van der Waals surface area contributed by atoms with Crippen LogP contribution in [0, 0.1) is 0 Å². The van der Waals surface area contributed by atoms with E-state index in [0.29, 0.717) is 6.54 Å².